The Balaban J connectivity index is 1.98. The third kappa shape index (κ3) is 2.42. The zero-order valence-electron chi connectivity index (χ0n) is 8.94. The first-order valence-corrected chi connectivity index (χ1v) is 5.38. The van der Waals surface area contributed by atoms with E-state index in [4.69, 9.17) is 4.74 Å². The SMILES string of the molecule is COc1ccc(N[C@H]2CCC[C@@H]2O)cc1. The van der Waals surface area contributed by atoms with Crippen LogP contribution in [0, 0.1) is 0 Å². The maximum absolute atomic E-state index is 9.66. The minimum Gasteiger partial charge on any atom is -0.497 e. The Morgan fingerprint density at radius 1 is 1.27 bits per heavy atom. The highest BCUT2D eigenvalue weighted by Gasteiger charge is 2.24. The summed E-state index contributed by atoms with van der Waals surface area (Å²) in [5.41, 5.74) is 1.04. The zero-order valence-corrected chi connectivity index (χ0v) is 8.94. The maximum Gasteiger partial charge on any atom is 0.119 e. The molecular weight excluding hydrogens is 190 g/mol. The van der Waals surface area contributed by atoms with E-state index in [0.29, 0.717) is 0 Å². The number of hydrogen-bond donors (Lipinski definition) is 2. The Morgan fingerprint density at radius 2 is 2.00 bits per heavy atom. The van der Waals surface area contributed by atoms with Crippen LogP contribution in [0.5, 0.6) is 5.75 Å². The van der Waals surface area contributed by atoms with Crippen molar-refractivity contribution in [1.82, 2.24) is 0 Å². The molecule has 0 spiro atoms. The van der Waals surface area contributed by atoms with Crippen LogP contribution in [0.4, 0.5) is 5.69 Å². The molecule has 2 N–H and O–H groups in total. The molecule has 0 unspecified atom stereocenters. The van der Waals surface area contributed by atoms with E-state index in [0.717, 1.165) is 30.7 Å². The Bertz CT molecular complexity index is 310. The highest BCUT2D eigenvalue weighted by molar-refractivity contribution is 5.47. The maximum atomic E-state index is 9.66. The van der Waals surface area contributed by atoms with Crippen molar-refractivity contribution in [2.24, 2.45) is 0 Å². The van der Waals surface area contributed by atoms with Crippen LogP contribution in [0.1, 0.15) is 19.3 Å². The molecule has 1 saturated carbocycles. The Kier molecular flexibility index (Phi) is 3.11. The fraction of sp³-hybridized carbons (Fsp3) is 0.500. The Morgan fingerprint density at radius 3 is 2.53 bits per heavy atom. The number of hydrogen-bond acceptors (Lipinski definition) is 3. The summed E-state index contributed by atoms with van der Waals surface area (Å²) in [6.07, 6.45) is 2.86. The highest BCUT2D eigenvalue weighted by Crippen LogP contribution is 2.24. The van der Waals surface area contributed by atoms with Crippen molar-refractivity contribution < 1.29 is 9.84 Å². The molecule has 0 aromatic heterocycles. The van der Waals surface area contributed by atoms with Gasteiger partial charge in [0.25, 0.3) is 0 Å². The normalized spacial score (nSPS) is 25.2. The smallest absolute Gasteiger partial charge is 0.119 e. The lowest BCUT2D eigenvalue weighted by atomic mass is 10.2. The summed E-state index contributed by atoms with van der Waals surface area (Å²) < 4.78 is 5.08. The van der Waals surface area contributed by atoms with Gasteiger partial charge in [-0.05, 0) is 43.5 Å². The van der Waals surface area contributed by atoms with Gasteiger partial charge in [0.15, 0.2) is 0 Å². The first kappa shape index (κ1) is 10.3. The largest absolute Gasteiger partial charge is 0.497 e. The van der Waals surface area contributed by atoms with Crippen LogP contribution < -0.4 is 10.1 Å². The van der Waals surface area contributed by atoms with E-state index in [2.05, 4.69) is 5.32 Å². The van der Waals surface area contributed by atoms with Crippen molar-refractivity contribution in [2.75, 3.05) is 12.4 Å². The summed E-state index contributed by atoms with van der Waals surface area (Å²) in [7, 11) is 1.66. The van der Waals surface area contributed by atoms with Crippen LogP contribution in [-0.4, -0.2) is 24.4 Å². The second-order valence-electron chi connectivity index (χ2n) is 3.98. The quantitative estimate of drug-likeness (QED) is 0.796. The minimum absolute atomic E-state index is 0.202. The predicted molar refractivity (Wildman–Crippen MR) is 60.3 cm³/mol. The Hall–Kier alpha value is -1.22. The van der Waals surface area contributed by atoms with Gasteiger partial charge in [-0.2, -0.15) is 0 Å². The van der Waals surface area contributed by atoms with Crippen LogP contribution in [0.25, 0.3) is 0 Å². The molecule has 0 saturated heterocycles. The number of nitrogens with one attached hydrogen (secondary N) is 1. The lowest BCUT2D eigenvalue weighted by molar-refractivity contribution is 0.172. The summed E-state index contributed by atoms with van der Waals surface area (Å²) in [6.45, 7) is 0. The molecule has 82 valence electrons. The third-order valence-electron chi connectivity index (χ3n) is 2.92. The average molecular weight is 207 g/mol. The van der Waals surface area contributed by atoms with Gasteiger partial charge in [0.2, 0.25) is 0 Å². The van der Waals surface area contributed by atoms with Crippen molar-refractivity contribution in [3.05, 3.63) is 24.3 Å². The van der Waals surface area contributed by atoms with Gasteiger partial charge in [0.1, 0.15) is 5.75 Å². The van der Waals surface area contributed by atoms with Crippen LogP contribution in [0.15, 0.2) is 24.3 Å². The molecule has 0 radical (unpaired) electrons. The number of benzene rings is 1. The molecule has 2 atom stereocenters. The van der Waals surface area contributed by atoms with Crippen molar-refractivity contribution >= 4 is 5.69 Å². The topological polar surface area (TPSA) is 41.5 Å². The average Bonchev–Trinajstić information content (AvgIpc) is 2.66. The molecule has 1 aliphatic carbocycles. The summed E-state index contributed by atoms with van der Waals surface area (Å²) in [4.78, 5) is 0. The van der Waals surface area contributed by atoms with Crippen LogP contribution in [0.2, 0.25) is 0 Å². The van der Waals surface area contributed by atoms with Gasteiger partial charge < -0.3 is 15.2 Å². The molecule has 3 nitrogen and oxygen atoms in total. The molecule has 15 heavy (non-hydrogen) atoms. The van der Waals surface area contributed by atoms with E-state index in [1.54, 1.807) is 7.11 Å². The van der Waals surface area contributed by atoms with Gasteiger partial charge in [-0.3, -0.25) is 0 Å². The van der Waals surface area contributed by atoms with Crippen molar-refractivity contribution in [3.63, 3.8) is 0 Å². The predicted octanol–water partition coefficient (Wildman–Crippen LogP) is 2.02. The number of rotatable bonds is 3. The molecule has 1 aromatic carbocycles. The molecule has 1 fully saturated rings. The van der Waals surface area contributed by atoms with Crippen molar-refractivity contribution in [3.8, 4) is 5.75 Å². The van der Waals surface area contributed by atoms with E-state index in [1.165, 1.54) is 0 Å². The molecule has 0 bridgehead atoms. The second-order valence-corrected chi connectivity index (χ2v) is 3.98. The number of ether oxygens (including phenoxy) is 1. The number of aliphatic hydroxyl groups is 1. The van der Waals surface area contributed by atoms with Crippen LogP contribution >= 0.6 is 0 Å². The van der Waals surface area contributed by atoms with E-state index < -0.39 is 0 Å². The van der Waals surface area contributed by atoms with Crippen molar-refractivity contribution in [1.29, 1.82) is 0 Å². The monoisotopic (exact) mass is 207 g/mol. The highest BCUT2D eigenvalue weighted by atomic mass is 16.5. The zero-order chi connectivity index (χ0) is 10.7. The second kappa shape index (κ2) is 4.53. The van der Waals surface area contributed by atoms with Gasteiger partial charge in [-0.1, -0.05) is 0 Å². The van der Waals surface area contributed by atoms with Gasteiger partial charge in [-0.25, -0.2) is 0 Å². The van der Waals surface area contributed by atoms with Crippen LogP contribution in [0.3, 0.4) is 0 Å². The first-order valence-electron chi connectivity index (χ1n) is 5.38. The van der Waals surface area contributed by atoms with E-state index in [1.807, 2.05) is 24.3 Å². The molecule has 0 aliphatic heterocycles. The molecule has 3 heteroatoms. The molecule has 1 aliphatic rings. The third-order valence-corrected chi connectivity index (χ3v) is 2.92. The van der Waals surface area contributed by atoms with Gasteiger partial charge >= 0.3 is 0 Å². The van der Waals surface area contributed by atoms with E-state index in [-0.39, 0.29) is 12.1 Å². The fourth-order valence-corrected chi connectivity index (χ4v) is 2.01. The molecular formula is C12H17NO2. The van der Waals surface area contributed by atoms with E-state index >= 15 is 0 Å². The van der Waals surface area contributed by atoms with E-state index in [9.17, 15) is 5.11 Å². The number of aliphatic hydroxyl groups excluding tert-OH is 1. The van der Waals surface area contributed by atoms with Crippen LogP contribution in [-0.2, 0) is 0 Å². The lowest BCUT2D eigenvalue weighted by Gasteiger charge is -2.17. The van der Waals surface area contributed by atoms with Crippen molar-refractivity contribution in [2.45, 2.75) is 31.4 Å². The first-order chi connectivity index (χ1) is 7.29. The van der Waals surface area contributed by atoms with Gasteiger partial charge in [0, 0.05) is 5.69 Å². The standard InChI is InChI=1S/C12H17NO2/c1-15-10-7-5-9(6-8-10)13-11-3-2-4-12(11)14/h5-8,11-14H,2-4H2,1H3/t11-,12-/m0/s1. The Labute approximate surface area is 90.1 Å². The summed E-state index contributed by atoms with van der Waals surface area (Å²) in [5, 5.41) is 13.0. The summed E-state index contributed by atoms with van der Waals surface area (Å²) in [5.74, 6) is 0.854. The fourth-order valence-electron chi connectivity index (χ4n) is 2.01. The summed E-state index contributed by atoms with van der Waals surface area (Å²) in [6, 6.07) is 8.00. The minimum atomic E-state index is -0.202. The lowest BCUT2D eigenvalue weighted by Crippen LogP contribution is -2.27. The molecule has 0 heterocycles. The molecule has 0 amide bonds. The number of methoxy groups -OCH3 is 1. The van der Waals surface area contributed by atoms with Gasteiger partial charge in [0.05, 0.1) is 19.3 Å². The summed E-state index contributed by atoms with van der Waals surface area (Å²) >= 11 is 0. The number of anilines is 1. The molecule has 1 aromatic rings. The molecule has 2 rings (SSSR count). The van der Waals surface area contributed by atoms with Gasteiger partial charge in [-0.15, -0.1) is 0 Å².